The average molecular weight is 257 g/mol. The van der Waals surface area contributed by atoms with E-state index in [0.29, 0.717) is 12.5 Å². The summed E-state index contributed by atoms with van der Waals surface area (Å²) in [4.78, 5) is 13.5. The van der Waals surface area contributed by atoms with E-state index < -0.39 is 0 Å². The molecule has 0 spiro atoms. The molecule has 0 bridgehead atoms. The molecule has 1 unspecified atom stereocenters. The molecule has 1 fully saturated rings. The van der Waals surface area contributed by atoms with E-state index in [0.717, 1.165) is 45.6 Å². The molecule has 18 heavy (non-hydrogen) atoms. The van der Waals surface area contributed by atoms with E-state index in [2.05, 4.69) is 24.2 Å². The van der Waals surface area contributed by atoms with E-state index in [4.69, 9.17) is 10.5 Å². The summed E-state index contributed by atoms with van der Waals surface area (Å²) in [5.74, 6) is 0.422. The van der Waals surface area contributed by atoms with Gasteiger partial charge in [-0.1, -0.05) is 6.92 Å². The van der Waals surface area contributed by atoms with Crippen molar-refractivity contribution in [3.05, 3.63) is 0 Å². The maximum atomic E-state index is 11.3. The van der Waals surface area contributed by atoms with Crippen LogP contribution in [0.2, 0.25) is 0 Å². The first-order chi connectivity index (χ1) is 8.63. The topological polar surface area (TPSA) is 67.6 Å². The van der Waals surface area contributed by atoms with Gasteiger partial charge in [-0.3, -0.25) is 4.79 Å². The first-order valence-electron chi connectivity index (χ1n) is 6.92. The summed E-state index contributed by atoms with van der Waals surface area (Å²) in [7, 11) is 2.05. The molecule has 0 aromatic carbocycles. The number of carbonyl (C=O) groups is 1. The van der Waals surface area contributed by atoms with Crippen LogP contribution in [0.3, 0.4) is 0 Å². The van der Waals surface area contributed by atoms with Gasteiger partial charge in [0.2, 0.25) is 5.91 Å². The Bertz CT molecular complexity index is 242. The second kappa shape index (κ2) is 8.45. The van der Waals surface area contributed by atoms with E-state index in [-0.39, 0.29) is 11.9 Å². The molecule has 1 rings (SSSR count). The molecule has 1 heterocycles. The lowest BCUT2D eigenvalue weighted by Crippen LogP contribution is -2.49. The number of hydrogen-bond donors (Lipinski definition) is 2. The van der Waals surface area contributed by atoms with Crippen molar-refractivity contribution in [2.75, 3.05) is 39.9 Å². The molecule has 0 aliphatic carbocycles. The van der Waals surface area contributed by atoms with Crippen LogP contribution in [-0.4, -0.2) is 56.7 Å². The second-order valence-corrected chi connectivity index (χ2v) is 5.19. The van der Waals surface area contributed by atoms with Crippen LogP contribution in [-0.2, 0) is 9.53 Å². The Hall–Kier alpha value is -0.650. The SMILES string of the molecule is CCCNC(CN(C)CC1CCOCC1)C(N)=O. The predicted octanol–water partition coefficient (Wildman–Crippen LogP) is 0.198. The molecule has 1 saturated heterocycles. The zero-order valence-electron chi connectivity index (χ0n) is 11.7. The Kier molecular flexibility index (Phi) is 7.23. The highest BCUT2D eigenvalue weighted by atomic mass is 16.5. The molecule has 0 aromatic rings. The predicted molar refractivity (Wildman–Crippen MR) is 72.3 cm³/mol. The van der Waals surface area contributed by atoms with Gasteiger partial charge in [-0.05, 0) is 38.8 Å². The number of carbonyl (C=O) groups excluding carboxylic acids is 1. The van der Waals surface area contributed by atoms with Gasteiger partial charge >= 0.3 is 0 Å². The summed E-state index contributed by atoms with van der Waals surface area (Å²) >= 11 is 0. The van der Waals surface area contributed by atoms with Gasteiger partial charge < -0.3 is 20.7 Å². The van der Waals surface area contributed by atoms with Gasteiger partial charge in [0.15, 0.2) is 0 Å². The summed E-state index contributed by atoms with van der Waals surface area (Å²) in [6.07, 6.45) is 3.25. The standard InChI is InChI=1S/C13H27N3O2/c1-3-6-15-12(13(14)17)10-16(2)9-11-4-7-18-8-5-11/h11-12,15H,3-10H2,1-2H3,(H2,14,17). The normalized spacial score (nSPS) is 19.1. The molecule has 0 radical (unpaired) electrons. The summed E-state index contributed by atoms with van der Waals surface area (Å²) in [6.45, 7) is 6.35. The van der Waals surface area contributed by atoms with Crippen molar-refractivity contribution in [1.82, 2.24) is 10.2 Å². The molecule has 1 amide bonds. The van der Waals surface area contributed by atoms with Gasteiger partial charge in [0.25, 0.3) is 0 Å². The molecule has 1 atom stereocenters. The zero-order chi connectivity index (χ0) is 13.4. The van der Waals surface area contributed by atoms with Crippen LogP contribution in [0.5, 0.6) is 0 Å². The van der Waals surface area contributed by atoms with Crippen molar-refractivity contribution < 1.29 is 9.53 Å². The van der Waals surface area contributed by atoms with Crippen LogP contribution in [0, 0.1) is 5.92 Å². The second-order valence-electron chi connectivity index (χ2n) is 5.19. The molecule has 0 aromatic heterocycles. The summed E-state index contributed by atoms with van der Waals surface area (Å²) in [5.41, 5.74) is 5.41. The van der Waals surface area contributed by atoms with Crippen LogP contribution < -0.4 is 11.1 Å². The Morgan fingerprint density at radius 1 is 1.50 bits per heavy atom. The Labute approximate surface area is 110 Å². The maximum Gasteiger partial charge on any atom is 0.235 e. The Balaban J connectivity index is 2.30. The average Bonchev–Trinajstić information content (AvgIpc) is 2.35. The highest BCUT2D eigenvalue weighted by Crippen LogP contribution is 2.15. The van der Waals surface area contributed by atoms with E-state index >= 15 is 0 Å². The molecule has 5 nitrogen and oxygen atoms in total. The highest BCUT2D eigenvalue weighted by Gasteiger charge is 2.20. The van der Waals surface area contributed by atoms with Gasteiger partial charge in [0.1, 0.15) is 0 Å². The zero-order valence-corrected chi connectivity index (χ0v) is 11.7. The largest absolute Gasteiger partial charge is 0.381 e. The summed E-state index contributed by atoms with van der Waals surface area (Å²) in [5, 5.41) is 3.20. The third kappa shape index (κ3) is 5.80. The Morgan fingerprint density at radius 3 is 2.72 bits per heavy atom. The van der Waals surface area contributed by atoms with Crippen molar-refractivity contribution in [1.29, 1.82) is 0 Å². The number of primary amides is 1. The first kappa shape index (κ1) is 15.4. The van der Waals surface area contributed by atoms with E-state index in [1.54, 1.807) is 0 Å². The van der Waals surface area contributed by atoms with Crippen LogP contribution in [0.25, 0.3) is 0 Å². The number of ether oxygens (including phenoxy) is 1. The van der Waals surface area contributed by atoms with Crippen LogP contribution in [0.15, 0.2) is 0 Å². The number of amides is 1. The number of nitrogens with zero attached hydrogens (tertiary/aromatic N) is 1. The van der Waals surface area contributed by atoms with Crippen molar-refractivity contribution in [2.45, 2.75) is 32.2 Å². The summed E-state index contributed by atoms with van der Waals surface area (Å²) in [6, 6.07) is -0.241. The van der Waals surface area contributed by atoms with Gasteiger partial charge in [0, 0.05) is 26.3 Å². The third-order valence-corrected chi connectivity index (χ3v) is 3.39. The van der Waals surface area contributed by atoms with Crippen LogP contribution >= 0.6 is 0 Å². The van der Waals surface area contributed by atoms with E-state index in [1.807, 2.05) is 0 Å². The number of rotatable bonds is 8. The molecular formula is C13H27N3O2. The van der Waals surface area contributed by atoms with Crippen molar-refractivity contribution in [2.24, 2.45) is 11.7 Å². The van der Waals surface area contributed by atoms with E-state index in [9.17, 15) is 4.79 Å². The minimum Gasteiger partial charge on any atom is -0.381 e. The quantitative estimate of drug-likeness (QED) is 0.652. The minimum absolute atomic E-state index is 0.241. The van der Waals surface area contributed by atoms with E-state index in [1.165, 1.54) is 0 Å². The number of hydrogen-bond acceptors (Lipinski definition) is 4. The monoisotopic (exact) mass is 257 g/mol. The highest BCUT2D eigenvalue weighted by molar-refractivity contribution is 5.80. The number of nitrogens with two attached hydrogens (primary N) is 1. The van der Waals surface area contributed by atoms with Crippen LogP contribution in [0.1, 0.15) is 26.2 Å². The smallest absolute Gasteiger partial charge is 0.235 e. The molecule has 3 N–H and O–H groups in total. The minimum atomic E-state index is -0.262. The van der Waals surface area contributed by atoms with Gasteiger partial charge in [-0.2, -0.15) is 0 Å². The first-order valence-corrected chi connectivity index (χ1v) is 6.92. The number of likely N-dealkylation sites (N-methyl/N-ethyl adjacent to an activating group) is 1. The fraction of sp³-hybridized carbons (Fsp3) is 0.923. The molecule has 1 aliphatic rings. The molecule has 106 valence electrons. The van der Waals surface area contributed by atoms with Gasteiger partial charge in [-0.25, -0.2) is 0 Å². The Morgan fingerprint density at radius 2 is 2.17 bits per heavy atom. The lowest BCUT2D eigenvalue weighted by atomic mass is 10.00. The maximum absolute atomic E-state index is 11.3. The van der Waals surface area contributed by atoms with Crippen molar-refractivity contribution in [3.63, 3.8) is 0 Å². The summed E-state index contributed by atoms with van der Waals surface area (Å²) < 4.78 is 5.35. The molecule has 1 aliphatic heterocycles. The van der Waals surface area contributed by atoms with Gasteiger partial charge in [-0.15, -0.1) is 0 Å². The lowest BCUT2D eigenvalue weighted by molar-refractivity contribution is -0.120. The van der Waals surface area contributed by atoms with Crippen LogP contribution in [0.4, 0.5) is 0 Å². The fourth-order valence-electron chi connectivity index (χ4n) is 2.33. The fourth-order valence-corrected chi connectivity index (χ4v) is 2.33. The molecule has 5 heteroatoms. The lowest BCUT2D eigenvalue weighted by Gasteiger charge is -2.29. The molecule has 0 saturated carbocycles. The van der Waals surface area contributed by atoms with Crippen molar-refractivity contribution >= 4 is 5.91 Å². The molecular weight excluding hydrogens is 230 g/mol. The third-order valence-electron chi connectivity index (χ3n) is 3.39. The number of nitrogens with one attached hydrogen (secondary N) is 1. The van der Waals surface area contributed by atoms with Crippen molar-refractivity contribution in [3.8, 4) is 0 Å². The van der Waals surface area contributed by atoms with Gasteiger partial charge in [0.05, 0.1) is 6.04 Å².